The van der Waals surface area contributed by atoms with Crippen LogP contribution in [0.5, 0.6) is 0 Å². The standard InChI is InChI=1S/C13H20N2O4S2/c1-9-2-4-10(5-3-9)6-7-15-21(18,19)13-11(12(16)17)14-8-20-13/h8-10,15H,2-7H2,1H3,(H,16,17). The zero-order valence-corrected chi connectivity index (χ0v) is 13.5. The number of aromatic carboxylic acids is 1. The second kappa shape index (κ2) is 6.85. The first-order valence-electron chi connectivity index (χ1n) is 7.06. The summed E-state index contributed by atoms with van der Waals surface area (Å²) in [4.78, 5) is 14.5. The Labute approximate surface area is 128 Å². The van der Waals surface area contributed by atoms with E-state index in [-0.39, 0.29) is 4.21 Å². The van der Waals surface area contributed by atoms with E-state index < -0.39 is 21.7 Å². The average Bonchev–Trinajstić information content (AvgIpc) is 2.91. The van der Waals surface area contributed by atoms with E-state index in [0.717, 1.165) is 36.5 Å². The van der Waals surface area contributed by atoms with Crippen molar-refractivity contribution in [2.45, 2.75) is 43.2 Å². The van der Waals surface area contributed by atoms with Crippen LogP contribution in [0.4, 0.5) is 0 Å². The van der Waals surface area contributed by atoms with Crippen molar-refractivity contribution < 1.29 is 18.3 Å². The lowest BCUT2D eigenvalue weighted by Crippen LogP contribution is -2.27. The maximum absolute atomic E-state index is 12.1. The summed E-state index contributed by atoms with van der Waals surface area (Å²) in [7, 11) is -3.78. The van der Waals surface area contributed by atoms with Crippen LogP contribution in [0.25, 0.3) is 0 Å². The van der Waals surface area contributed by atoms with Crippen molar-refractivity contribution in [1.29, 1.82) is 0 Å². The fourth-order valence-corrected chi connectivity index (χ4v) is 4.88. The third-order valence-electron chi connectivity index (χ3n) is 3.96. The van der Waals surface area contributed by atoms with Gasteiger partial charge in [0.2, 0.25) is 0 Å². The van der Waals surface area contributed by atoms with Crippen LogP contribution in [-0.4, -0.2) is 31.0 Å². The van der Waals surface area contributed by atoms with Crippen molar-refractivity contribution in [3.8, 4) is 0 Å². The molecular weight excluding hydrogens is 312 g/mol. The summed E-state index contributed by atoms with van der Waals surface area (Å²) in [6, 6.07) is 0. The molecule has 0 aliphatic heterocycles. The van der Waals surface area contributed by atoms with Crippen molar-refractivity contribution in [3.63, 3.8) is 0 Å². The predicted molar refractivity (Wildman–Crippen MR) is 80.0 cm³/mol. The summed E-state index contributed by atoms with van der Waals surface area (Å²) in [6.45, 7) is 2.59. The summed E-state index contributed by atoms with van der Waals surface area (Å²) < 4.78 is 26.5. The Kier molecular flexibility index (Phi) is 5.34. The van der Waals surface area contributed by atoms with Gasteiger partial charge in [0.25, 0.3) is 10.0 Å². The summed E-state index contributed by atoms with van der Waals surface area (Å²) in [5.41, 5.74) is 0.833. The number of carbonyl (C=O) groups is 1. The molecule has 1 aliphatic carbocycles. The largest absolute Gasteiger partial charge is 0.476 e. The molecule has 8 heteroatoms. The number of carboxylic acids is 1. The molecule has 118 valence electrons. The third-order valence-corrected chi connectivity index (χ3v) is 6.79. The molecule has 1 fully saturated rings. The molecular formula is C13H20N2O4S2. The lowest BCUT2D eigenvalue weighted by Gasteiger charge is -2.26. The number of sulfonamides is 1. The van der Waals surface area contributed by atoms with E-state index in [9.17, 15) is 13.2 Å². The van der Waals surface area contributed by atoms with Crippen molar-refractivity contribution in [2.75, 3.05) is 6.54 Å². The molecule has 0 aromatic carbocycles. The first-order chi connectivity index (χ1) is 9.90. The highest BCUT2D eigenvalue weighted by Crippen LogP contribution is 2.30. The van der Waals surface area contributed by atoms with Gasteiger partial charge < -0.3 is 5.11 Å². The Morgan fingerprint density at radius 1 is 1.43 bits per heavy atom. The molecule has 1 saturated carbocycles. The van der Waals surface area contributed by atoms with E-state index in [1.54, 1.807) is 0 Å². The summed E-state index contributed by atoms with van der Waals surface area (Å²) >= 11 is 0.829. The summed E-state index contributed by atoms with van der Waals surface area (Å²) in [5, 5.41) is 8.92. The zero-order chi connectivity index (χ0) is 15.5. The molecule has 21 heavy (non-hydrogen) atoms. The van der Waals surface area contributed by atoms with Crippen molar-refractivity contribution in [3.05, 3.63) is 11.2 Å². The molecule has 0 saturated heterocycles. The highest BCUT2D eigenvalue weighted by atomic mass is 32.2. The number of hydrogen-bond acceptors (Lipinski definition) is 5. The monoisotopic (exact) mass is 332 g/mol. The van der Waals surface area contributed by atoms with Gasteiger partial charge in [-0.1, -0.05) is 32.6 Å². The molecule has 0 radical (unpaired) electrons. The maximum atomic E-state index is 12.1. The van der Waals surface area contributed by atoms with Crippen LogP contribution in [0, 0.1) is 11.8 Å². The van der Waals surface area contributed by atoms with Crippen molar-refractivity contribution in [2.24, 2.45) is 11.8 Å². The van der Waals surface area contributed by atoms with Gasteiger partial charge in [-0.2, -0.15) is 0 Å². The minimum absolute atomic E-state index is 0.215. The quantitative estimate of drug-likeness (QED) is 0.833. The van der Waals surface area contributed by atoms with Gasteiger partial charge in [0.05, 0.1) is 5.51 Å². The molecule has 0 unspecified atom stereocenters. The molecule has 2 rings (SSSR count). The van der Waals surface area contributed by atoms with Gasteiger partial charge in [-0.05, 0) is 18.3 Å². The number of nitrogens with zero attached hydrogens (tertiary/aromatic N) is 1. The van der Waals surface area contributed by atoms with Crippen LogP contribution in [0.3, 0.4) is 0 Å². The van der Waals surface area contributed by atoms with Crippen LogP contribution >= 0.6 is 11.3 Å². The lowest BCUT2D eigenvalue weighted by molar-refractivity contribution is 0.0687. The second-order valence-corrected chi connectivity index (χ2v) is 8.42. The average molecular weight is 332 g/mol. The van der Waals surface area contributed by atoms with Gasteiger partial charge in [0.15, 0.2) is 9.90 Å². The van der Waals surface area contributed by atoms with E-state index in [0.29, 0.717) is 12.5 Å². The molecule has 1 aromatic rings. The lowest BCUT2D eigenvalue weighted by atomic mass is 9.81. The smallest absolute Gasteiger partial charge is 0.356 e. The Morgan fingerprint density at radius 2 is 2.10 bits per heavy atom. The van der Waals surface area contributed by atoms with Gasteiger partial charge in [-0.3, -0.25) is 0 Å². The SMILES string of the molecule is CC1CCC(CCNS(=O)(=O)c2scnc2C(=O)O)CC1. The number of aromatic nitrogens is 1. The van der Waals surface area contributed by atoms with Crippen LogP contribution < -0.4 is 4.72 Å². The van der Waals surface area contributed by atoms with Gasteiger partial charge in [-0.25, -0.2) is 22.9 Å². The molecule has 1 aromatic heterocycles. The maximum Gasteiger partial charge on any atom is 0.356 e. The number of rotatable bonds is 6. The number of thiazole rings is 1. The van der Waals surface area contributed by atoms with E-state index in [1.165, 1.54) is 18.4 Å². The second-order valence-electron chi connectivity index (χ2n) is 5.61. The summed E-state index contributed by atoms with van der Waals surface area (Å²) in [6.07, 6.45) is 5.49. The van der Waals surface area contributed by atoms with Gasteiger partial charge >= 0.3 is 5.97 Å². The van der Waals surface area contributed by atoms with E-state index >= 15 is 0 Å². The Hall–Kier alpha value is -0.990. The zero-order valence-electron chi connectivity index (χ0n) is 11.9. The fraction of sp³-hybridized carbons (Fsp3) is 0.692. The van der Waals surface area contributed by atoms with Gasteiger partial charge in [0, 0.05) is 6.54 Å². The normalized spacial score (nSPS) is 23.1. The van der Waals surface area contributed by atoms with Crippen LogP contribution in [-0.2, 0) is 10.0 Å². The van der Waals surface area contributed by atoms with Gasteiger partial charge in [0.1, 0.15) is 0 Å². The van der Waals surface area contributed by atoms with Crippen molar-refractivity contribution in [1.82, 2.24) is 9.71 Å². The molecule has 0 atom stereocenters. The Bertz CT molecular complexity index is 589. The van der Waals surface area contributed by atoms with Crippen LogP contribution in [0.2, 0.25) is 0 Å². The fourth-order valence-electron chi connectivity index (χ4n) is 2.65. The number of carboxylic acid groups (broad SMARTS) is 1. The van der Waals surface area contributed by atoms with E-state index in [2.05, 4.69) is 16.6 Å². The highest BCUT2D eigenvalue weighted by Gasteiger charge is 2.26. The molecule has 2 N–H and O–H groups in total. The number of hydrogen-bond donors (Lipinski definition) is 2. The first-order valence-corrected chi connectivity index (χ1v) is 9.43. The Balaban J connectivity index is 1.90. The van der Waals surface area contributed by atoms with E-state index in [4.69, 9.17) is 5.11 Å². The van der Waals surface area contributed by atoms with Crippen LogP contribution in [0.1, 0.15) is 49.5 Å². The first kappa shape index (κ1) is 16.4. The molecule has 0 spiro atoms. The number of nitrogens with one attached hydrogen (secondary N) is 1. The molecule has 1 heterocycles. The van der Waals surface area contributed by atoms with Gasteiger partial charge in [-0.15, -0.1) is 11.3 Å². The van der Waals surface area contributed by atoms with Crippen molar-refractivity contribution >= 4 is 27.3 Å². The summed E-state index contributed by atoms with van der Waals surface area (Å²) in [5.74, 6) is 0.00968. The molecule has 6 nitrogen and oxygen atoms in total. The Morgan fingerprint density at radius 3 is 2.71 bits per heavy atom. The van der Waals surface area contributed by atoms with Crippen LogP contribution in [0.15, 0.2) is 9.72 Å². The molecule has 0 bridgehead atoms. The third kappa shape index (κ3) is 4.24. The topological polar surface area (TPSA) is 96.4 Å². The van der Waals surface area contributed by atoms with E-state index in [1.807, 2.05) is 0 Å². The predicted octanol–water partition coefficient (Wildman–Crippen LogP) is 2.34. The minimum Gasteiger partial charge on any atom is -0.476 e. The molecule has 1 aliphatic rings. The molecule has 0 amide bonds. The minimum atomic E-state index is -3.78. The highest BCUT2D eigenvalue weighted by molar-refractivity contribution is 7.91.